The van der Waals surface area contributed by atoms with Gasteiger partial charge in [0.05, 0.1) is 6.10 Å². The Hall–Kier alpha value is -2.91. The van der Waals surface area contributed by atoms with Gasteiger partial charge in [-0.2, -0.15) is 5.10 Å². The lowest BCUT2D eigenvalue weighted by Crippen LogP contribution is -2.29. The molecule has 162 valence electrons. The highest BCUT2D eigenvalue weighted by Crippen LogP contribution is 2.36. The predicted octanol–water partition coefficient (Wildman–Crippen LogP) is 4.41. The Labute approximate surface area is 172 Å². The maximum atomic E-state index is 13.3. The number of alkyl carbamates (subject to hydrolysis) is 1. The van der Waals surface area contributed by atoms with Gasteiger partial charge in [0, 0.05) is 36.0 Å². The fraction of sp³-hybridized carbons (Fsp3) is 0.550. The fourth-order valence-electron chi connectivity index (χ4n) is 3.90. The van der Waals surface area contributed by atoms with Crippen LogP contribution in [0.15, 0.2) is 18.2 Å². The van der Waals surface area contributed by atoms with Crippen LogP contribution in [0.5, 0.6) is 5.88 Å². The topological polar surface area (TPSA) is 101 Å². The number of amides is 1. The van der Waals surface area contributed by atoms with E-state index in [9.17, 15) is 13.6 Å². The smallest absolute Gasteiger partial charge is 0.407 e. The summed E-state index contributed by atoms with van der Waals surface area (Å²) in [6.45, 7) is 2.28. The molecule has 0 radical (unpaired) electrons. The van der Waals surface area contributed by atoms with Gasteiger partial charge in [-0.1, -0.05) is 0 Å². The van der Waals surface area contributed by atoms with Crippen LogP contribution in [0.1, 0.15) is 62.8 Å². The molecule has 3 N–H and O–H groups in total. The normalized spacial score (nSPS) is 24.8. The third-order valence-electron chi connectivity index (χ3n) is 5.39. The van der Waals surface area contributed by atoms with Gasteiger partial charge in [-0.15, -0.1) is 0 Å². The number of carbonyl (C=O) groups excluding carboxylic acids is 1. The standard InChI is InChI=1S/C20H25F2N5O3/c1-11-3-2-6-23-20(28)30-14-5-4-12(7-14)15-10-17(27-26-15)24-13-8-16(19(21)22)25-18(9-13)29-11/h8-12,14,19H,2-7H2,1H3,(H,23,28)(H2,24,26,27)/t11-,12+,14-/m1/s1. The van der Waals surface area contributed by atoms with E-state index >= 15 is 0 Å². The van der Waals surface area contributed by atoms with Crippen LogP contribution in [-0.2, 0) is 4.74 Å². The molecule has 6 bridgehead atoms. The summed E-state index contributed by atoms with van der Waals surface area (Å²) in [7, 11) is 0. The van der Waals surface area contributed by atoms with E-state index in [1.54, 1.807) is 6.07 Å². The minimum absolute atomic E-state index is 0.116. The van der Waals surface area contributed by atoms with Crippen LogP contribution in [0.4, 0.5) is 25.1 Å². The number of H-pyrrole nitrogens is 1. The Kier molecular flexibility index (Phi) is 6.01. The van der Waals surface area contributed by atoms with Crippen molar-refractivity contribution in [3.63, 3.8) is 0 Å². The van der Waals surface area contributed by atoms with Gasteiger partial charge in [-0.25, -0.2) is 18.6 Å². The number of hydrogen-bond donors (Lipinski definition) is 3. The van der Waals surface area contributed by atoms with Crippen LogP contribution < -0.4 is 15.4 Å². The molecule has 4 rings (SSSR count). The number of carbonyl (C=O) groups is 1. The number of nitrogens with one attached hydrogen (secondary N) is 3. The molecule has 8 nitrogen and oxygen atoms in total. The van der Waals surface area contributed by atoms with E-state index in [-0.39, 0.29) is 29.7 Å². The Bertz CT molecular complexity index is 891. The first-order chi connectivity index (χ1) is 14.5. The van der Waals surface area contributed by atoms with Crippen LogP contribution in [0.3, 0.4) is 0 Å². The summed E-state index contributed by atoms with van der Waals surface area (Å²) < 4.78 is 37.9. The van der Waals surface area contributed by atoms with E-state index in [4.69, 9.17) is 9.47 Å². The molecule has 0 saturated heterocycles. The zero-order valence-electron chi connectivity index (χ0n) is 16.7. The second-order valence-electron chi connectivity index (χ2n) is 7.79. The third-order valence-corrected chi connectivity index (χ3v) is 5.39. The van der Waals surface area contributed by atoms with Crippen LogP contribution in [0.2, 0.25) is 0 Å². The van der Waals surface area contributed by atoms with Gasteiger partial charge >= 0.3 is 6.09 Å². The van der Waals surface area contributed by atoms with E-state index in [1.165, 1.54) is 6.07 Å². The highest BCUT2D eigenvalue weighted by molar-refractivity contribution is 5.67. The number of aromatic amines is 1. The van der Waals surface area contributed by atoms with Crippen molar-refractivity contribution in [2.24, 2.45) is 0 Å². The summed E-state index contributed by atoms with van der Waals surface area (Å²) >= 11 is 0. The van der Waals surface area contributed by atoms with E-state index < -0.39 is 12.5 Å². The zero-order chi connectivity index (χ0) is 21.1. The van der Waals surface area contributed by atoms with E-state index in [1.807, 2.05) is 13.0 Å². The summed E-state index contributed by atoms with van der Waals surface area (Å²) in [6, 6.07) is 4.73. The van der Waals surface area contributed by atoms with Gasteiger partial charge in [0.15, 0.2) is 5.82 Å². The molecule has 1 aliphatic carbocycles. The van der Waals surface area contributed by atoms with Crippen molar-refractivity contribution in [2.75, 3.05) is 11.9 Å². The Morgan fingerprint density at radius 3 is 2.87 bits per heavy atom. The number of aromatic nitrogens is 3. The molecule has 1 aliphatic heterocycles. The minimum atomic E-state index is -2.72. The number of rotatable bonds is 1. The van der Waals surface area contributed by atoms with Gasteiger partial charge in [-0.3, -0.25) is 5.10 Å². The Balaban J connectivity index is 1.59. The molecule has 2 aliphatic rings. The molecule has 1 fully saturated rings. The number of ether oxygens (including phenoxy) is 2. The number of anilines is 2. The maximum absolute atomic E-state index is 13.3. The van der Waals surface area contributed by atoms with Crippen LogP contribution in [0, 0.1) is 0 Å². The van der Waals surface area contributed by atoms with Crippen molar-refractivity contribution >= 4 is 17.6 Å². The van der Waals surface area contributed by atoms with Gasteiger partial charge in [0.2, 0.25) is 5.88 Å². The van der Waals surface area contributed by atoms with Crippen LogP contribution in [-0.4, -0.2) is 40.0 Å². The number of halogens is 2. The zero-order valence-corrected chi connectivity index (χ0v) is 16.7. The highest BCUT2D eigenvalue weighted by Gasteiger charge is 2.30. The highest BCUT2D eigenvalue weighted by atomic mass is 19.3. The summed E-state index contributed by atoms with van der Waals surface area (Å²) in [5.41, 5.74) is 0.982. The Morgan fingerprint density at radius 2 is 2.03 bits per heavy atom. The summed E-state index contributed by atoms with van der Waals surface area (Å²) in [5, 5.41) is 13.1. The molecular formula is C20H25F2N5O3. The number of pyridine rings is 1. The van der Waals surface area contributed by atoms with Gasteiger partial charge < -0.3 is 20.1 Å². The summed E-state index contributed by atoms with van der Waals surface area (Å²) in [6.07, 6.45) is 0.134. The van der Waals surface area contributed by atoms with Crippen molar-refractivity contribution in [2.45, 2.75) is 63.6 Å². The van der Waals surface area contributed by atoms with Crippen molar-refractivity contribution < 1.29 is 23.0 Å². The molecular weight excluding hydrogens is 396 g/mol. The van der Waals surface area contributed by atoms with Crippen molar-refractivity contribution in [1.82, 2.24) is 20.5 Å². The lowest BCUT2D eigenvalue weighted by molar-refractivity contribution is 0.0996. The van der Waals surface area contributed by atoms with Crippen LogP contribution >= 0.6 is 0 Å². The quantitative estimate of drug-likeness (QED) is 0.631. The Morgan fingerprint density at radius 1 is 1.17 bits per heavy atom. The lowest BCUT2D eigenvalue weighted by Gasteiger charge is -2.17. The number of nitrogens with zero attached hydrogens (tertiary/aromatic N) is 2. The average molecular weight is 421 g/mol. The second-order valence-corrected chi connectivity index (χ2v) is 7.79. The molecule has 30 heavy (non-hydrogen) atoms. The van der Waals surface area contributed by atoms with E-state index in [0.29, 0.717) is 30.9 Å². The lowest BCUT2D eigenvalue weighted by atomic mass is 10.0. The second kappa shape index (κ2) is 8.85. The molecule has 1 saturated carbocycles. The molecule has 3 atom stereocenters. The molecule has 2 aromatic rings. The van der Waals surface area contributed by atoms with Gasteiger partial charge in [-0.05, 0) is 45.1 Å². The SMILES string of the molecule is C[C@@H]1CCCNC(=O)O[C@@H]2CC[C@@H](C2)c2cc(n[nH]2)Nc2cc(nc(C(F)F)c2)O1. The summed E-state index contributed by atoms with van der Waals surface area (Å²) in [5.74, 6) is 0.822. The summed E-state index contributed by atoms with van der Waals surface area (Å²) in [4.78, 5) is 15.9. The largest absolute Gasteiger partial charge is 0.475 e. The molecule has 1 amide bonds. The number of alkyl halides is 2. The van der Waals surface area contributed by atoms with Gasteiger partial charge in [0.25, 0.3) is 6.43 Å². The monoisotopic (exact) mass is 421 g/mol. The first-order valence-electron chi connectivity index (χ1n) is 10.2. The van der Waals surface area contributed by atoms with E-state index in [0.717, 1.165) is 25.0 Å². The predicted molar refractivity (Wildman–Crippen MR) is 105 cm³/mol. The third kappa shape index (κ3) is 4.98. The molecule has 3 heterocycles. The van der Waals surface area contributed by atoms with Gasteiger partial charge in [0.1, 0.15) is 11.8 Å². The van der Waals surface area contributed by atoms with Crippen molar-refractivity contribution in [3.8, 4) is 5.88 Å². The minimum Gasteiger partial charge on any atom is -0.475 e. The number of fused-ring (bicyclic) bond motifs is 7. The van der Waals surface area contributed by atoms with Crippen LogP contribution in [0.25, 0.3) is 0 Å². The average Bonchev–Trinajstić information content (AvgIpc) is 3.34. The molecule has 0 aromatic carbocycles. The molecule has 2 aromatic heterocycles. The first kappa shape index (κ1) is 20.4. The molecule has 10 heteroatoms. The maximum Gasteiger partial charge on any atom is 0.407 e. The van der Waals surface area contributed by atoms with Crippen molar-refractivity contribution in [1.29, 1.82) is 0 Å². The molecule has 0 unspecified atom stereocenters. The van der Waals surface area contributed by atoms with Crippen molar-refractivity contribution in [3.05, 3.63) is 29.6 Å². The van der Waals surface area contributed by atoms with E-state index in [2.05, 4.69) is 25.8 Å². The first-order valence-corrected chi connectivity index (χ1v) is 10.2. The molecule has 0 spiro atoms. The number of hydrogen-bond acceptors (Lipinski definition) is 6. The fourth-order valence-corrected chi connectivity index (χ4v) is 3.90.